The third-order valence-corrected chi connectivity index (χ3v) is 3.53. The van der Waals surface area contributed by atoms with E-state index in [9.17, 15) is 5.11 Å². The summed E-state index contributed by atoms with van der Waals surface area (Å²) in [5.74, 6) is 1.49. The van der Waals surface area contributed by atoms with E-state index in [1.807, 2.05) is 6.92 Å². The van der Waals surface area contributed by atoms with E-state index in [1.54, 1.807) is 0 Å². The van der Waals surface area contributed by atoms with Crippen LogP contribution in [0.5, 0.6) is 5.75 Å². The molecular formula is C17H29NO2. The Hall–Kier alpha value is -1.06. The highest BCUT2D eigenvalue weighted by atomic mass is 16.5. The fraction of sp³-hybridized carbons (Fsp3) is 0.647. The molecule has 20 heavy (non-hydrogen) atoms. The molecule has 1 atom stereocenters. The molecule has 1 aromatic rings. The number of nitrogens with zero attached hydrogens (tertiary/aromatic N) is 1. The SMILES string of the molecule is Cc1cc(OCCN(C)CCC(C)O)ccc1C(C)C. The van der Waals surface area contributed by atoms with Gasteiger partial charge in [-0.3, -0.25) is 0 Å². The lowest BCUT2D eigenvalue weighted by Gasteiger charge is -2.18. The number of benzene rings is 1. The zero-order valence-electron chi connectivity index (χ0n) is 13.5. The van der Waals surface area contributed by atoms with Gasteiger partial charge in [-0.2, -0.15) is 0 Å². The minimum absolute atomic E-state index is 0.232. The Labute approximate surface area is 123 Å². The summed E-state index contributed by atoms with van der Waals surface area (Å²) in [6.45, 7) is 10.8. The van der Waals surface area contributed by atoms with E-state index in [-0.39, 0.29) is 6.10 Å². The van der Waals surface area contributed by atoms with Crippen molar-refractivity contribution in [3.05, 3.63) is 29.3 Å². The maximum Gasteiger partial charge on any atom is 0.119 e. The van der Waals surface area contributed by atoms with Gasteiger partial charge in [0.15, 0.2) is 0 Å². The Morgan fingerprint density at radius 2 is 1.90 bits per heavy atom. The van der Waals surface area contributed by atoms with Gasteiger partial charge in [-0.25, -0.2) is 0 Å². The predicted octanol–water partition coefficient (Wildman–Crippen LogP) is 3.20. The van der Waals surface area contributed by atoms with Gasteiger partial charge in [0.1, 0.15) is 12.4 Å². The van der Waals surface area contributed by atoms with Crippen LogP contribution in [0.2, 0.25) is 0 Å². The molecule has 0 aliphatic heterocycles. The second kappa shape index (κ2) is 8.28. The molecule has 1 N–H and O–H groups in total. The van der Waals surface area contributed by atoms with Crippen LogP contribution in [0.1, 0.15) is 44.2 Å². The molecule has 1 unspecified atom stereocenters. The Morgan fingerprint density at radius 3 is 2.45 bits per heavy atom. The standard InChI is InChI=1S/C17H29NO2/c1-13(2)17-7-6-16(12-14(17)3)20-11-10-18(5)9-8-15(4)19/h6-7,12-13,15,19H,8-11H2,1-5H3. The Morgan fingerprint density at radius 1 is 1.20 bits per heavy atom. The first-order chi connectivity index (χ1) is 9.40. The molecule has 114 valence electrons. The van der Waals surface area contributed by atoms with Gasteiger partial charge in [-0.15, -0.1) is 0 Å². The Balaban J connectivity index is 2.37. The van der Waals surface area contributed by atoms with Crippen LogP contribution in [0.3, 0.4) is 0 Å². The van der Waals surface area contributed by atoms with Crippen LogP contribution in [0.25, 0.3) is 0 Å². The molecule has 1 aromatic carbocycles. The summed E-state index contributed by atoms with van der Waals surface area (Å²) >= 11 is 0. The van der Waals surface area contributed by atoms with Crippen LogP contribution < -0.4 is 4.74 Å². The average Bonchev–Trinajstić information content (AvgIpc) is 2.36. The van der Waals surface area contributed by atoms with E-state index in [4.69, 9.17) is 4.74 Å². The van der Waals surface area contributed by atoms with Crippen molar-refractivity contribution >= 4 is 0 Å². The van der Waals surface area contributed by atoms with Crippen molar-refractivity contribution in [2.45, 2.75) is 46.1 Å². The van der Waals surface area contributed by atoms with E-state index in [0.717, 1.165) is 25.3 Å². The van der Waals surface area contributed by atoms with Gasteiger partial charge in [-0.05, 0) is 56.5 Å². The molecule has 3 heteroatoms. The molecule has 3 nitrogen and oxygen atoms in total. The Kier molecular flexibility index (Phi) is 7.03. The molecule has 0 heterocycles. The quantitative estimate of drug-likeness (QED) is 0.793. The molecule has 0 saturated heterocycles. The smallest absolute Gasteiger partial charge is 0.119 e. The van der Waals surface area contributed by atoms with Crippen molar-refractivity contribution in [2.24, 2.45) is 0 Å². The molecule has 0 aliphatic rings. The van der Waals surface area contributed by atoms with Gasteiger partial charge >= 0.3 is 0 Å². The maximum absolute atomic E-state index is 9.25. The summed E-state index contributed by atoms with van der Waals surface area (Å²) in [5.41, 5.74) is 2.67. The van der Waals surface area contributed by atoms with Gasteiger partial charge in [0.2, 0.25) is 0 Å². The number of hydrogen-bond donors (Lipinski definition) is 1. The van der Waals surface area contributed by atoms with Gasteiger partial charge in [0.05, 0.1) is 6.10 Å². The minimum atomic E-state index is -0.232. The molecule has 0 amide bonds. The zero-order chi connectivity index (χ0) is 15.1. The number of ether oxygens (including phenoxy) is 1. The van der Waals surface area contributed by atoms with Crippen LogP contribution in [0.15, 0.2) is 18.2 Å². The average molecular weight is 279 g/mol. The molecule has 0 aromatic heterocycles. The molecule has 0 fully saturated rings. The van der Waals surface area contributed by atoms with Crippen molar-refractivity contribution < 1.29 is 9.84 Å². The van der Waals surface area contributed by atoms with Crippen molar-refractivity contribution in [1.82, 2.24) is 4.90 Å². The normalized spacial score (nSPS) is 13.0. The van der Waals surface area contributed by atoms with E-state index >= 15 is 0 Å². The second-order valence-corrected chi connectivity index (χ2v) is 5.96. The highest BCUT2D eigenvalue weighted by Crippen LogP contribution is 2.23. The van der Waals surface area contributed by atoms with Crippen molar-refractivity contribution in [3.8, 4) is 5.75 Å². The summed E-state index contributed by atoms with van der Waals surface area (Å²) in [6.07, 6.45) is 0.572. The van der Waals surface area contributed by atoms with Crippen LogP contribution >= 0.6 is 0 Å². The lowest BCUT2D eigenvalue weighted by atomic mass is 9.98. The molecule has 1 rings (SSSR count). The lowest BCUT2D eigenvalue weighted by molar-refractivity contribution is 0.157. The van der Waals surface area contributed by atoms with Gasteiger partial charge in [0, 0.05) is 13.1 Å². The number of aliphatic hydroxyl groups is 1. The molecule has 0 aliphatic carbocycles. The van der Waals surface area contributed by atoms with Crippen molar-refractivity contribution in [1.29, 1.82) is 0 Å². The topological polar surface area (TPSA) is 32.7 Å². The predicted molar refractivity (Wildman–Crippen MR) is 84.6 cm³/mol. The summed E-state index contributed by atoms with van der Waals surface area (Å²) in [4.78, 5) is 2.18. The summed E-state index contributed by atoms with van der Waals surface area (Å²) < 4.78 is 5.79. The second-order valence-electron chi connectivity index (χ2n) is 5.96. The van der Waals surface area contributed by atoms with Crippen LogP contribution in [-0.2, 0) is 0 Å². The van der Waals surface area contributed by atoms with E-state index in [2.05, 4.69) is 50.9 Å². The van der Waals surface area contributed by atoms with Crippen LogP contribution in [-0.4, -0.2) is 42.9 Å². The maximum atomic E-state index is 9.25. The van der Waals surface area contributed by atoms with E-state index < -0.39 is 0 Å². The lowest BCUT2D eigenvalue weighted by Crippen LogP contribution is -2.27. The largest absolute Gasteiger partial charge is 0.492 e. The highest BCUT2D eigenvalue weighted by Gasteiger charge is 2.05. The molecule has 0 spiro atoms. The van der Waals surface area contributed by atoms with Gasteiger partial charge < -0.3 is 14.7 Å². The number of hydrogen-bond acceptors (Lipinski definition) is 3. The first kappa shape index (κ1) is 17.0. The molecule has 0 radical (unpaired) electrons. The van der Waals surface area contributed by atoms with E-state index in [1.165, 1.54) is 11.1 Å². The first-order valence-corrected chi connectivity index (χ1v) is 7.50. The van der Waals surface area contributed by atoms with Crippen molar-refractivity contribution in [2.75, 3.05) is 26.7 Å². The zero-order valence-corrected chi connectivity index (χ0v) is 13.5. The molecular weight excluding hydrogens is 250 g/mol. The van der Waals surface area contributed by atoms with Crippen LogP contribution in [0, 0.1) is 6.92 Å². The van der Waals surface area contributed by atoms with E-state index in [0.29, 0.717) is 12.5 Å². The summed E-state index contributed by atoms with van der Waals surface area (Å²) in [6, 6.07) is 6.33. The third kappa shape index (κ3) is 5.93. The Bertz CT molecular complexity index is 402. The van der Waals surface area contributed by atoms with Gasteiger partial charge in [0.25, 0.3) is 0 Å². The third-order valence-electron chi connectivity index (χ3n) is 3.53. The first-order valence-electron chi connectivity index (χ1n) is 7.50. The highest BCUT2D eigenvalue weighted by molar-refractivity contribution is 5.36. The number of aliphatic hydroxyl groups excluding tert-OH is 1. The number of rotatable bonds is 8. The fourth-order valence-corrected chi connectivity index (χ4v) is 2.22. The molecule has 0 bridgehead atoms. The fourth-order valence-electron chi connectivity index (χ4n) is 2.22. The number of likely N-dealkylation sites (N-methyl/N-ethyl adjacent to an activating group) is 1. The van der Waals surface area contributed by atoms with Gasteiger partial charge in [-0.1, -0.05) is 19.9 Å². The number of aryl methyl sites for hydroxylation is 1. The monoisotopic (exact) mass is 279 g/mol. The van der Waals surface area contributed by atoms with Crippen LogP contribution in [0.4, 0.5) is 0 Å². The summed E-state index contributed by atoms with van der Waals surface area (Å²) in [5, 5.41) is 9.25. The minimum Gasteiger partial charge on any atom is -0.492 e. The summed E-state index contributed by atoms with van der Waals surface area (Å²) in [7, 11) is 2.05. The van der Waals surface area contributed by atoms with Crippen molar-refractivity contribution in [3.63, 3.8) is 0 Å². The molecule has 0 saturated carbocycles.